The molecular weight excluding hydrogens is 288 g/mol. The largest absolute Gasteiger partial charge is 0.357 e. The normalized spacial score (nSPS) is 19.9. The maximum Gasteiger partial charge on any atom is 0.175 e. The molecule has 1 aliphatic rings. The lowest BCUT2D eigenvalue weighted by Gasteiger charge is -2.23. The van der Waals surface area contributed by atoms with Crippen LogP contribution in [0.4, 0.5) is 5.69 Å². The highest BCUT2D eigenvalue weighted by Crippen LogP contribution is 2.17. The number of hydrogen-bond acceptors (Lipinski definition) is 2. The van der Waals surface area contributed by atoms with Crippen molar-refractivity contribution in [3.63, 3.8) is 0 Å². The van der Waals surface area contributed by atoms with Crippen molar-refractivity contribution in [2.75, 3.05) is 18.5 Å². The fourth-order valence-electron chi connectivity index (χ4n) is 1.62. The van der Waals surface area contributed by atoms with Gasteiger partial charge in [-0.2, -0.15) is 0 Å². The Morgan fingerprint density at radius 1 is 1.62 bits per heavy atom. The Morgan fingerprint density at radius 2 is 2.44 bits per heavy atom. The van der Waals surface area contributed by atoms with E-state index in [0.717, 1.165) is 23.3 Å². The van der Waals surface area contributed by atoms with Gasteiger partial charge in [-0.1, -0.05) is 22.0 Å². The van der Waals surface area contributed by atoms with Gasteiger partial charge < -0.3 is 15.0 Å². The van der Waals surface area contributed by atoms with Crippen LogP contribution in [0.1, 0.15) is 6.92 Å². The highest BCUT2D eigenvalue weighted by atomic mass is 79.9. The first-order valence-corrected chi connectivity index (χ1v) is 6.32. The van der Waals surface area contributed by atoms with Crippen molar-refractivity contribution in [2.45, 2.75) is 13.2 Å². The Bertz CT molecular complexity index is 399. The molecule has 1 heterocycles. The topological polar surface area (TPSA) is 24.5 Å². The van der Waals surface area contributed by atoms with Crippen LogP contribution in [0.25, 0.3) is 0 Å². The zero-order chi connectivity index (χ0) is 11.5. The molecule has 0 bridgehead atoms. The summed E-state index contributed by atoms with van der Waals surface area (Å²) in [4.78, 5) is 2.04. The Kier molecular flexibility index (Phi) is 3.78. The molecule has 16 heavy (non-hydrogen) atoms. The number of anilines is 1. The van der Waals surface area contributed by atoms with Crippen molar-refractivity contribution >= 4 is 38.9 Å². The molecule has 1 aromatic rings. The van der Waals surface area contributed by atoms with Gasteiger partial charge in [0.15, 0.2) is 5.11 Å². The van der Waals surface area contributed by atoms with Gasteiger partial charge in [0.05, 0.1) is 6.61 Å². The SMILES string of the molecule is CC1OCCN1C(=S)Nc1cccc(Br)c1. The van der Waals surface area contributed by atoms with Gasteiger partial charge in [-0.15, -0.1) is 0 Å². The van der Waals surface area contributed by atoms with Crippen LogP contribution >= 0.6 is 28.1 Å². The summed E-state index contributed by atoms with van der Waals surface area (Å²) in [5.74, 6) is 0. The van der Waals surface area contributed by atoms with Gasteiger partial charge in [-0.3, -0.25) is 0 Å². The molecule has 1 atom stereocenters. The minimum atomic E-state index is 0.0622. The summed E-state index contributed by atoms with van der Waals surface area (Å²) in [6.07, 6.45) is 0.0622. The lowest BCUT2D eigenvalue weighted by molar-refractivity contribution is 0.0808. The van der Waals surface area contributed by atoms with E-state index in [1.807, 2.05) is 36.1 Å². The van der Waals surface area contributed by atoms with E-state index in [1.54, 1.807) is 0 Å². The summed E-state index contributed by atoms with van der Waals surface area (Å²) < 4.78 is 6.47. The van der Waals surface area contributed by atoms with E-state index < -0.39 is 0 Å². The minimum absolute atomic E-state index is 0.0622. The summed E-state index contributed by atoms with van der Waals surface area (Å²) in [6.45, 7) is 3.59. The Hall–Kier alpha value is -0.650. The molecule has 2 rings (SSSR count). The third kappa shape index (κ3) is 2.72. The van der Waals surface area contributed by atoms with E-state index in [0.29, 0.717) is 5.11 Å². The molecule has 0 radical (unpaired) electrons. The molecule has 1 unspecified atom stereocenters. The van der Waals surface area contributed by atoms with Gasteiger partial charge in [0.25, 0.3) is 0 Å². The summed E-state index contributed by atoms with van der Waals surface area (Å²) in [5.41, 5.74) is 0.985. The van der Waals surface area contributed by atoms with Crippen LogP contribution in [0, 0.1) is 0 Å². The van der Waals surface area contributed by atoms with Crippen LogP contribution in [0.2, 0.25) is 0 Å². The van der Waals surface area contributed by atoms with Crippen molar-refractivity contribution in [2.24, 2.45) is 0 Å². The first-order valence-electron chi connectivity index (χ1n) is 5.11. The van der Waals surface area contributed by atoms with Gasteiger partial charge in [-0.05, 0) is 37.3 Å². The predicted molar refractivity (Wildman–Crippen MR) is 72.5 cm³/mol. The van der Waals surface area contributed by atoms with Crippen molar-refractivity contribution in [3.05, 3.63) is 28.7 Å². The molecule has 3 nitrogen and oxygen atoms in total. The number of ether oxygens (including phenoxy) is 1. The average molecular weight is 301 g/mol. The molecule has 1 aromatic carbocycles. The number of rotatable bonds is 1. The fraction of sp³-hybridized carbons (Fsp3) is 0.364. The number of thiocarbonyl (C=S) groups is 1. The van der Waals surface area contributed by atoms with E-state index >= 15 is 0 Å². The summed E-state index contributed by atoms with van der Waals surface area (Å²) in [7, 11) is 0. The molecule has 0 aliphatic carbocycles. The second kappa shape index (κ2) is 5.12. The zero-order valence-corrected chi connectivity index (χ0v) is 11.3. The predicted octanol–water partition coefficient (Wildman–Crippen LogP) is 2.82. The van der Waals surface area contributed by atoms with Gasteiger partial charge in [0.2, 0.25) is 0 Å². The average Bonchev–Trinajstić information content (AvgIpc) is 2.64. The van der Waals surface area contributed by atoms with Crippen LogP contribution < -0.4 is 5.32 Å². The van der Waals surface area contributed by atoms with E-state index in [-0.39, 0.29) is 6.23 Å². The highest BCUT2D eigenvalue weighted by molar-refractivity contribution is 9.10. The first kappa shape index (κ1) is 11.8. The van der Waals surface area contributed by atoms with Gasteiger partial charge in [0.1, 0.15) is 6.23 Å². The lowest BCUT2D eigenvalue weighted by atomic mass is 10.3. The highest BCUT2D eigenvalue weighted by Gasteiger charge is 2.23. The Labute approximate surface area is 109 Å². The van der Waals surface area contributed by atoms with Crippen LogP contribution in [-0.2, 0) is 4.74 Å². The molecular formula is C11H13BrN2OS. The van der Waals surface area contributed by atoms with Crippen molar-refractivity contribution in [1.29, 1.82) is 0 Å². The van der Waals surface area contributed by atoms with Crippen LogP contribution in [0.15, 0.2) is 28.7 Å². The van der Waals surface area contributed by atoms with Crippen LogP contribution in [-0.4, -0.2) is 29.4 Å². The number of benzene rings is 1. The quantitative estimate of drug-likeness (QED) is 0.806. The van der Waals surface area contributed by atoms with E-state index in [2.05, 4.69) is 21.2 Å². The molecule has 1 fully saturated rings. The maximum atomic E-state index is 5.44. The number of nitrogens with one attached hydrogen (secondary N) is 1. The summed E-state index contributed by atoms with van der Waals surface area (Å²) in [6, 6.07) is 7.93. The summed E-state index contributed by atoms with van der Waals surface area (Å²) in [5, 5.41) is 3.91. The van der Waals surface area contributed by atoms with Crippen molar-refractivity contribution < 1.29 is 4.74 Å². The Morgan fingerprint density at radius 3 is 3.06 bits per heavy atom. The molecule has 1 saturated heterocycles. The molecule has 1 aliphatic heterocycles. The third-order valence-corrected chi connectivity index (χ3v) is 3.30. The first-order chi connectivity index (χ1) is 7.66. The van der Waals surface area contributed by atoms with Gasteiger partial charge in [-0.25, -0.2) is 0 Å². The number of halogens is 1. The van der Waals surface area contributed by atoms with E-state index in [4.69, 9.17) is 17.0 Å². The van der Waals surface area contributed by atoms with Crippen LogP contribution in [0.3, 0.4) is 0 Å². The van der Waals surface area contributed by atoms with Crippen molar-refractivity contribution in [3.8, 4) is 0 Å². The smallest absolute Gasteiger partial charge is 0.175 e. The zero-order valence-electron chi connectivity index (χ0n) is 8.94. The Balaban J connectivity index is 2.02. The monoisotopic (exact) mass is 300 g/mol. The molecule has 0 saturated carbocycles. The van der Waals surface area contributed by atoms with Crippen LogP contribution in [0.5, 0.6) is 0 Å². The molecule has 86 valence electrons. The molecule has 0 aromatic heterocycles. The van der Waals surface area contributed by atoms with E-state index in [9.17, 15) is 0 Å². The second-order valence-electron chi connectivity index (χ2n) is 3.60. The fourth-order valence-corrected chi connectivity index (χ4v) is 2.38. The summed E-state index contributed by atoms with van der Waals surface area (Å²) >= 11 is 8.76. The lowest BCUT2D eigenvalue weighted by Crippen LogP contribution is -2.37. The van der Waals surface area contributed by atoms with Gasteiger partial charge in [0, 0.05) is 16.7 Å². The molecule has 1 N–H and O–H groups in total. The van der Waals surface area contributed by atoms with E-state index in [1.165, 1.54) is 0 Å². The van der Waals surface area contributed by atoms with Gasteiger partial charge >= 0.3 is 0 Å². The van der Waals surface area contributed by atoms with Crippen molar-refractivity contribution in [1.82, 2.24) is 4.90 Å². The standard InChI is InChI=1S/C11H13BrN2OS/c1-8-14(5-6-15-8)11(16)13-10-4-2-3-9(12)7-10/h2-4,7-8H,5-6H2,1H3,(H,13,16). The number of nitrogens with zero attached hydrogens (tertiary/aromatic N) is 1. The number of hydrogen-bond donors (Lipinski definition) is 1. The minimum Gasteiger partial charge on any atom is -0.357 e. The maximum absolute atomic E-state index is 5.44. The second-order valence-corrected chi connectivity index (χ2v) is 4.91. The molecule has 5 heteroatoms. The third-order valence-electron chi connectivity index (χ3n) is 2.47. The molecule has 0 amide bonds. The molecule has 0 spiro atoms.